The Morgan fingerprint density at radius 3 is 2.90 bits per heavy atom. The van der Waals surface area contributed by atoms with E-state index in [4.69, 9.17) is 9.05 Å². The quantitative estimate of drug-likeness (QED) is 0.751. The van der Waals surface area contributed by atoms with Gasteiger partial charge in [-0.15, -0.1) is 0 Å². The highest BCUT2D eigenvalue weighted by atomic mass is 16.5. The van der Waals surface area contributed by atoms with Crippen molar-refractivity contribution in [3.8, 4) is 11.5 Å². The van der Waals surface area contributed by atoms with Crippen LogP contribution in [0.2, 0.25) is 0 Å². The predicted molar refractivity (Wildman–Crippen MR) is 68.9 cm³/mol. The fourth-order valence-corrected chi connectivity index (χ4v) is 1.75. The number of aromatic nitrogens is 5. The van der Waals surface area contributed by atoms with Crippen molar-refractivity contribution in [1.29, 1.82) is 0 Å². The Kier molecular flexibility index (Phi) is 3.22. The normalized spacial score (nSPS) is 10.8. The minimum Gasteiger partial charge on any atom is -0.361 e. The molecule has 0 aliphatic carbocycles. The largest absolute Gasteiger partial charge is 0.361 e. The van der Waals surface area contributed by atoms with Crippen molar-refractivity contribution in [1.82, 2.24) is 30.4 Å². The second-order valence-corrected chi connectivity index (χ2v) is 4.36. The molecule has 0 radical (unpaired) electrons. The molecule has 0 aliphatic rings. The molecule has 9 nitrogen and oxygen atoms in total. The van der Waals surface area contributed by atoms with Gasteiger partial charge >= 0.3 is 0 Å². The fraction of sp³-hybridized carbons (Fsp3) is 0.250. The fourth-order valence-electron chi connectivity index (χ4n) is 1.75. The van der Waals surface area contributed by atoms with Crippen LogP contribution < -0.4 is 5.32 Å². The molecule has 0 unspecified atom stereocenters. The number of nitrogens with one attached hydrogen (secondary N) is 1. The molecular formula is C12H12N6O3. The summed E-state index contributed by atoms with van der Waals surface area (Å²) in [7, 11) is 1.69. The lowest BCUT2D eigenvalue weighted by atomic mass is 10.3. The lowest BCUT2D eigenvalue weighted by molar-refractivity contribution is 0.0937. The molecule has 9 heteroatoms. The van der Waals surface area contributed by atoms with Crippen molar-refractivity contribution in [3.63, 3.8) is 0 Å². The first-order valence-electron chi connectivity index (χ1n) is 6.16. The summed E-state index contributed by atoms with van der Waals surface area (Å²) in [6, 6.07) is 3.32. The third-order valence-corrected chi connectivity index (χ3v) is 2.78. The van der Waals surface area contributed by atoms with Crippen LogP contribution in [-0.2, 0) is 13.6 Å². The molecule has 3 heterocycles. The van der Waals surface area contributed by atoms with E-state index >= 15 is 0 Å². The van der Waals surface area contributed by atoms with Gasteiger partial charge in [0.1, 0.15) is 11.5 Å². The molecule has 0 aromatic carbocycles. The van der Waals surface area contributed by atoms with Crippen LogP contribution in [0.1, 0.15) is 22.1 Å². The summed E-state index contributed by atoms with van der Waals surface area (Å²) in [4.78, 5) is 16.0. The summed E-state index contributed by atoms with van der Waals surface area (Å²) >= 11 is 0. The lowest BCUT2D eigenvalue weighted by Crippen LogP contribution is -2.25. The van der Waals surface area contributed by atoms with Crippen LogP contribution in [0, 0.1) is 6.92 Å². The average molecular weight is 288 g/mol. The Balaban J connectivity index is 1.65. The molecule has 0 bridgehead atoms. The Morgan fingerprint density at radius 1 is 1.38 bits per heavy atom. The second-order valence-electron chi connectivity index (χ2n) is 4.36. The monoisotopic (exact) mass is 288 g/mol. The van der Waals surface area contributed by atoms with Crippen molar-refractivity contribution in [3.05, 3.63) is 35.7 Å². The van der Waals surface area contributed by atoms with Crippen LogP contribution >= 0.6 is 0 Å². The van der Waals surface area contributed by atoms with Crippen LogP contribution in [0.5, 0.6) is 0 Å². The number of nitrogens with zero attached hydrogens (tertiary/aromatic N) is 5. The van der Waals surface area contributed by atoms with Gasteiger partial charge in [0, 0.05) is 19.3 Å². The Bertz CT molecular complexity index is 771. The van der Waals surface area contributed by atoms with Gasteiger partial charge < -0.3 is 14.4 Å². The molecule has 21 heavy (non-hydrogen) atoms. The van der Waals surface area contributed by atoms with E-state index in [1.807, 2.05) is 0 Å². The number of aryl methyl sites for hydroxylation is 2. The van der Waals surface area contributed by atoms with E-state index in [1.54, 1.807) is 32.3 Å². The molecular weight excluding hydrogens is 276 g/mol. The van der Waals surface area contributed by atoms with E-state index in [2.05, 4.69) is 25.7 Å². The summed E-state index contributed by atoms with van der Waals surface area (Å²) in [6.07, 6.45) is 1.55. The highest BCUT2D eigenvalue weighted by molar-refractivity contribution is 5.92. The molecule has 0 fully saturated rings. The van der Waals surface area contributed by atoms with Crippen LogP contribution in [0.25, 0.3) is 11.5 Å². The zero-order chi connectivity index (χ0) is 14.8. The summed E-state index contributed by atoms with van der Waals surface area (Å²) in [5.41, 5.74) is 0.933. The van der Waals surface area contributed by atoms with Crippen molar-refractivity contribution >= 4 is 5.91 Å². The van der Waals surface area contributed by atoms with Gasteiger partial charge in [-0.05, 0) is 13.0 Å². The highest BCUT2D eigenvalue weighted by Gasteiger charge is 2.14. The molecule has 0 aliphatic heterocycles. The van der Waals surface area contributed by atoms with Crippen LogP contribution in [0.4, 0.5) is 0 Å². The van der Waals surface area contributed by atoms with Crippen LogP contribution in [0.3, 0.4) is 0 Å². The number of rotatable bonds is 4. The smallest absolute Gasteiger partial charge is 0.269 e. The van der Waals surface area contributed by atoms with Crippen molar-refractivity contribution in [2.45, 2.75) is 13.5 Å². The topological polar surface area (TPSA) is 112 Å². The van der Waals surface area contributed by atoms with Gasteiger partial charge in [0.25, 0.3) is 5.91 Å². The Hall–Kier alpha value is -2.97. The summed E-state index contributed by atoms with van der Waals surface area (Å²) < 4.78 is 11.5. The maximum absolute atomic E-state index is 11.9. The first-order valence-corrected chi connectivity index (χ1v) is 6.16. The first kappa shape index (κ1) is 13.0. The molecule has 0 saturated carbocycles. The van der Waals surface area contributed by atoms with Gasteiger partial charge in [-0.1, -0.05) is 10.3 Å². The van der Waals surface area contributed by atoms with Crippen molar-refractivity contribution < 1.29 is 13.8 Å². The summed E-state index contributed by atoms with van der Waals surface area (Å²) in [6.45, 7) is 1.89. The van der Waals surface area contributed by atoms with E-state index in [1.165, 1.54) is 4.68 Å². The molecule has 108 valence electrons. The molecule has 1 amide bonds. The Morgan fingerprint density at radius 2 is 2.24 bits per heavy atom. The predicted octanol–water partition coefficient (Wildman–Crippen LogP) is 0.697. The standard InChI is InChI=1S/C12H12N6O3/c1-7-5-8(16-20-7)11-15-10(21-17-11)6-13-12(19)9-3-4-14-18(9)2/h3-5H,6H2,1-2H3,(H,13,19). The number of hydrogen-bond donors (Lipinski definition) is 1. The van der Waals surface area contributed by atoms with Crippen molar-refractivity contribution in [2.75, 3.05) is 0 Å². The molecule has 3 rings (SSSR count). The third kappa shape index (κ3) is 2.66. The van der Waals surface area contributed by atoms with Gasteiger partial charge in [-0.25, -0.2) is 0 Å². The number of carbonyl (C=O) groups is 1. The van der Waals surface area contributed by atoms with Gasteiger partial charge in [0.2, 0.25) is 11.7 Å². The minimum absolute atomic E-state index is 0.119. The lowest BCUT2D eigenvalue weighted by Gasteiger charge is -2.01. The average Bonchev–Trinajstić information content (AvgIpc) is 3.16. The number of hydrogen-bond acceptors (Lipinski definition) is 7. The van der Waals surface area contributed by atoms with Crippen LogP contribution in [-0.4, -0.2) is 31.0 Å². The zero-order valence-electron chi connectivity index (χ0n) is 11.4. The van der Waals surface area contributed by atoms with E-state index < -0.39 is 0 Å². The SMILES string of the molecule is Cc1cc(-c2noc(CNC(=O)c3ccnn3C)n2)no1. The van der Waals surface area contributed by atoms with E-state index in [9.17, 15) is 4.79 Å². The minimum atomic E-state index is -0.271. The third-order valence-electron chi connectivity index (χ3n) is 2.78. The first-order chi connectivity index (χ1) is 10.1. The molecule has 0 saturated heterocycles. The molecule has 1 N–H and O–H groups in total. The van der Waals surface area contributed by atoms with Gasteiger partial charge in [-0.3, -0.25) is 9.48 Å². The van der Waals surface area contributed by atoms with E-state index in [-0.39, 0.29) is 18.3 Å². The molecule has 3 aromatic heterocycles. The van der Waals surface area contributed by atoms with Crippen molar-refractivity contribution in [2.24, 2.45) is 7.05 Å². The van der Waals surface area contributed by atoms with E-state index in [0.717, 1.165) is 0 Å². The maximum Gasteiger partial charge on any atom is 0.269 e. The molecule has 0 atom stereocenters. The zero-order valence-corrected chi connectivity index (χ0v) is 11.4. The second kappa shape index (κ2) is 5.19. The molecule has 0 spiro atoms. The summed E-state index contributed by atoms with van der Waals surface area (Å²) in [5.74, 6) is 0.977. The highest BCUT2D eigenvalue weighted by Crippen LogP contribution is 2.15. The Labute approximate surface area is 118 Å². The van der Waals surface area contributed by atoms with Gasteiger partial charge in [0.15, 0.2) is 5.69 Å². The number of carbonyl (C=O) groups excluding carboxylic acids is 1. The van der Waals surface area contributed by atoms with E-state index in [0.29, 0.717) is 23.0 Å². The number of amides is 1. The van der Waals surface area contributed by atoms with Crippen LogP contribution in [0.15, 0.2) is 27.4 Å². The molecule has 3 aromatic rings. The maximum atomic E-state index is 11.9. The summed E-state index contributed by atoms with van der Waals surface area (Å²) in [5, 5.41) is 14.2. The van der Waals surface area contributed by atoms with Gasteiger partial charge in [0.05, 0.1) is 6.54 Å². The van der Waals surface area contributed by atoms with Gasteiger partial charge in [-0.2, -0.15) is 10.1 Å².